The highest BCUT2D eigenvalue weighted by Crippen LogP contribution is 2.19. The number of hydrogen-bond donors (Lipinski definition) is 3. The number of alkyl carbamates (subject to hydrolysis) is 1. The fourth-order valence-electron chi connectivity index (χ4n) is 1.64. The molecule has 1 rings (SSSR count). The van der Waals surface area contributed by atoms with E-state index in [1.165, 1.54) is 0 Å². The molecule has 0 saturated carbocycles. The largest absolute Gasteiger partial charge is 0.450 e. The number of carbonyl (C=O) groups excluding carboxylic acids is 3. The average molecular weight is 335 g/mol. The number of rotatable bonds is 6. The highest BCUT2D eigenvalue weighted by molar-refractivity contribution is 5.95. The molecule has 0 fully saturated rings. The summed E-state index contributed by atoms with van der Waals surface area (Å²) in [6.07, 6.45) is -0.398. The molecule has 1 aromatic carbocycles. The summed E-state index contributed by atoms with van der Waals surface area (Å²) in [5.41, 5.74) is 0.806. The normalized spacial score (nSPS) is 10.7. The van der Waals surface area contributed by atoms with Crippen LogP contribution in [0.4, 0.5) is 16.2 Å². The second-order valence-corrected chi connectivity index (χ2v) is 6.23. The van der Waals surface area contributed by atoms with E-state index in [9.17, 15) is 14.4 Å². The van der Waals surface area contributed by atoms with Crippen molar-refractivity contribution in [1.29, 1.82) is 0 Å². The minimum atomic E-state index is -0.538. The Bertz CT molecular complexity index is 576. The second kappa shape index (κ2) is 8.90. The van der Waals surface area contributed by atoms with E-state index in [0.717, 1.165) is 0 Å². The van der Waals surface area contributed by atoms with Gasteiger partial charge in [-0.05, 0) is 31.2 Å². The lowest BCUT2D eigenvalue weighted by Gasteiger charge is -2.17. The molecule has 0 bridgehead atoms. The van der Waals surface area contributed by atoms with Gasteiger partial charge in [0, 0.05) is 29.8 Å². The standard InChI is InChI=1S/C17H25N3O4/c1-5-24-16(23)18-11-10-14(21)19-12-6-8-13(9-7-12)20-15(22)17(2,3)4/h6-9H,5,10-11H2,1-4H3,(H,18,23)(H,19,21)(H,20,22). The topological polar surface area (TPSA) is 96.5 Å². The highest BCUT2D eigenvalue weighted by atomic mass is 16.5. The van der Waals surface area contributed by atoms with Crippen LogP contribution in [0.3, 0.4) is 0 Å². The molecule has 0 aliphatic rings. The van der Waals surface area contributed by atoms with Crippen LogP contribution < -0.4 is 16.0 Å². The van der Waals surface area contributed by atoms with Gasteiger partial charge in [-0.1, -0.05) is 20.8 Å². The van der Waals surface area contributed by atoms with E-state index in [4.69, 9.17) is 4.74 Å². The van der Waals surface area contributed by atoms with E-state index >= 15 is 0 Å². The molecular weight excluding hydrogens is 310 g/mol. The Hall–Kier alpha value is -2.57. The zero-order chi connectivity index (χ0) is 18.2. The maximum absolute atomic E-state index is 11.9. The Morgan fingerprint density at radius 1 is 1.00 bits per heavy atom. The number of carbonyl (C=O) groups is 3. The molecule has 1 aromatic rings. The van der Waals surface area contributed by atoms with Crippen LogP contribution in [0.15, 0.2) is 24.3 Å². The molecule has 3 N–H and O–H groups in total. The third-order valence-corrected chi connectivity index (χ3v) is 3.00. The van der Waals surface area contributed by atoms with Crippen molar-refractivity contribution in [3.63, 3.8) is 0 Å². The average Bonchev–Trinajstić information content (AvgIpc) is 2.48. The smallest absolute Gasteiger partial charge is 0.407 e. The number of benzene rings is 1. The van der Waals surface area contributed by atoms with Crippen LogP contribution in [0.2, 0.25) is 0 Å². The van der Waals surface area contributed by atoms with Gasteiger partial charge in [-0.15, -0.1) is 0 Å². The molecule has 0 atom stereocenters. The van der Waals surface area contributed by atoms with E-state index in [2.05, 4.69) is 16.0 Å². The van der Waals surface area contributed by atoms with Gasteiger partial charge in [0.25, 0.3) is 0 Å². The zero-order valence-electron chi connectivity index (χ0n) is 14.6. The van der Waals surface area contributed by atoms with Crippen LogP contribution in [0, 0.1) is 5.41 Å². The number of amides is 3. The van der Waals surface area contributed by atoms with Crippen molar-refractivity contribution in [3.8, 4) is 0 Å². The molecule has 7 nitrogen and oxygen atoms in total. The lowest BCUT2D eigenvalue weighted by atomic mass is 9.95. The summed E-state index contributed by atoms with van der Waals surface area (Å²) < 4.78 is 4.69. The maximum atomic E-state index is 11.9. The van der Waals surface area contributed by atoms with Gasteiger partial charge in [0.2, 0.25) is 11.8 Å². The lowest BCUT2D eigenvalue weighted by Crippen LogP contribution is -2.28. The molecule has 0 aromatic heterocycles. The van der Waals surface area contributed by atoms with Crippen LogP contribution in [-0.2, 0) is 14.3 Å². The molecule has 24 heavy (non-hydrogen) atoms. The van der Waals surface area contributed by atoms with Gasteiger partial charge < -0.3 is 20.7 Å². The molecule has 0 unspecified atom stereocenters. The third-order valence-electron chi connectivity index (χ3n) is 3.00. The molecule has 0 aliphatic heterocycles. The minimum Gasteiger partial charge on any atom is -0.450 e. The van der Waals surface area contributed by atoms with Crippen molar-refractivity contribution >= 4 is 29.3 Å². The van der Waals surface area contributed by atoms with Crippen molar-refractivity contribution in [2.24, 2.45) is 5.41 Å². The van der Waals surface area contributed by atoms with Crippen molar-refractivity contribution in [1.82, 2.24) is 5.32 Å². The molecule has 132 valence electrons. The lowest BCUT2D eigenvalue weighted by molar-refractivity contribution is -0.123. The van der Waals surface area contributed by atoms with Crippen molar-refractivity contribution in [3.05, 3.63) is 24.3 Å². The molecule has 0 heterocycles. The monoisotopic (exact) mass is 335 g/mol. The fourth-order valence-corrected chi connectivity index (χ4v) is 1.64. The summed E-state index contributed by atoms with van der Waals surface area (Å²) >= 11 is 0. The Morgan fingerprint density at radius 2 is 1.54 bits per heavy atom. The van der Waals surface area contributed by atoms with Crippen LogP contribution >= 0.6 is 0 Å². The van der Waals surface area contributed by atoms with Crippen molar-refractivity contribution in [2.45, 2.75) is 34.1 Å². The second-order valence-electron chi connectivity index (χ2n) is 6.23. The third kappa shape index (κ3) is 7.13. The minimum absolute atomic E-state index is 0.0793. The number of hydrogen-bond acceptors (Lipinski definition) is 4. The Labute approximate surface area is 142 Å². The Morgan fingerprint density at radius 3 is 2.04 bits per heavy atom. The summed E-state index contributed by atoms with van der Waals surface area (Å²) in [4.78, 5) is 34.7. The first-order valence-electron chi connectivity index (χ1n) is 7.84. The van der Waals surface area contributed by atoms with Gasteiger partial charge in [-0.3, -0.25) is 9.59 Å². The molecular formula is C17H25N3O4. The van der Waals surface area contributed by atoms with Gasteiger partial charge in [0.05, 0.1) is 6.61 Å². The molecule has 7 heteroatoms. The van der Waals surface area contributed by atoms with E-state index in [-0.39, 0.29) is 31.4 Å². The number of anilines is 2. The summed E-state index contributed by atoms with van der Waals surface area (Å²) in [5.74, 6) is -0.303. The van der Waals surface area contributed by atoms with Crippen LogP contribution in [0.25, 0.3) is 0 Å². The summed E-state index contributed by atoms with van der Waals surface area (Å²) in [5, 5.41) is 8.00. The van der Waals surface area contributed by atoms with Gasteiger partial charge in [-0.2, -0.15) is 0 Å². The van der Waals surface area contributed by atoms with Crippen molar-refractivity contribution < 1.29 is 19.1 Å². The summed E-state index contributed by atoms with van der Waals surface area (Å²) in [6.45, 7) is 7.70. The Kier molecular flexibility index (Phi) is 7.23. The van der Waals surface area contributed by atoms with Crippen LogP contribution in [0.1, 0.15) is 34.1 Å². The van der Waals surface area contributed by atoms with Gasteiger partial charge >= 0.3 is 6.09 Å². The van der Waals surface area contributed by atoms with E-state index < -0.39 is 11.5 Å². The zero-order valence-corrected chi connectivity index (χ0v) is 14.6. The maximum Gasteiger partial charge on any atom is 0.407 e. The van der Waals surface area contributed by atoms with E-state index in [1.807, 2.05) is 20.8 Å². The first-order chi connectivity index (χ1) is 11.2. The molecule has 3 amide bonds. The summed E-state index contributed by atoms with van der Waals surface area (Å²) in [7, 11) is 0. The predicted octanol–water partition coefficient (Wildman–Crippen LogP) is 2.75. The molecule has 0 radical (unpaired) electrons. The number of nitrogens with one attached hydrogen (secondary N) is 3. The predicted molar refractivity (Wildman–Crippen MR) is 92.8 cm³/mol. The quantitative estimate of drug-likeness (QED) is 0.745. The molecule has 0 saturated heterocycles. The SMILES string of the molecule is CCOC(=O)NCCC(=O)Nc1ccc(NC(=O)C(C)(C)C)cc1. The van der Waals surface area contributed by atoms with Gasteiger partial charge in [0.15, 0.2) is 0 Å². The first-order valence-corrected chi connectivity index (χ1v) is 7.84. The van der Waals surface area contributed by atoms with Gasteiger partial charge in [-0.25, -0.2) is 4.79 Å². The van der Waals surface area contributed by atoms with E-state index in [1.54, 1.807) is 31.2 Å². The summed E-state index contributed by atoms with van der Waals surface area (Å²) in [6, 6.07) is 6.84. The molecule has 0 aliphatic carbocycles. The van der Waals surface area contributed by atoms with Crippen LogP contribution in [-0.4, -0.2) is 31.1 Å². The Balaban J connectivity index is 2.42. The molecule has 0 spiro atoms. The fraction of sp³-hybridized carbons (Fsp3) is 0.471. The highest BCUT2D eigenvalue weighted by Gasteiger charge is 2.21. The van der Waals surface area contributed by atoms with E-state index in [0.29, 0.717) is 11.4 Å². The van der Waals surface area contributed by atoms with Crippen LogP contribution in [0.5, 0.6) is 0 Å². The number of ether oxygens (including phenoxy) is 1. The van der Waals surface area contributed by atoms with Crippen molar-refractivity contribution in [2.75, 3.05) is 23.8 Å². The van der Waals surface area contributed by atoms with Gasteiger partial charge in [0.1, 0.15) is 0 Å². The first kappa shape index (κ1) is 19.5.